The van der Waals surface area contributed by atoms with Gasteiger partial charge in [0, 0.05) is 11.8 Å². The maximum Gasteiger partial charge on any atom is 0.107 e. The monoisotopic (exact) mass is 138 g/mol. The molecular weight excluding hydrogens is 124 g/mol. The van der Waals surface area contributed by atoms with Crippen molar-refractivity contribution < 1.29 is 0 Å². The molecule has 0 spiro atoms. The molecular formula is C8H14N2. The third-order valence-electron chi connectivity index (χ3n) is 1.03. The highest BCUT2D eigenvalue weighted by atomic mass is 14.8. The Hall–Kier alpha value is -1.18. The summed E-state index contributed by atoms with van der Waals surface area (Å²) < 4.78 is 0. The maximum absolute atomic E-state index is 5.42. The number of H-pyrrole nitrogens is 1. The molecule has 10 heavy (non-hydrogen) atoms. The second-order valence-electron chi connectivity index (χ2n) is 1.55. The first kappa shape index (κ1) is 8.82. The molecule has 0 saturated carbocycles. The van der Waals surface area contributed by atoms with Gasteiger partial charge in [-0.15, -0.1) is 0 Å². The quantitative estimate of drug-likeness (QED) is 0.614. The Morgan fingerprint density at radius 3 is 2.40 bits per heavy atom. The first-order valence-electron chi connectivity index (χ1n) is 3.40. The molecule has 56 valence electrons. The summed E-state index contributed by atoms with van der Waals surface area (Å²) in [6.07, 6.45) is 3.50. The molecule has 0 aromatic carbocycles. The van der Waals surface area contributed by atoms with Crippen molar-refractivity contribution >= 4 is 11.9 Å². The van der Waals surface area contributed by atoms with Crippen molar-refractivity contribution in [3.63, 3.8) is 0 Å². The number of anilines is 1. The molecule has 0 bridgehead atoms. The molecule has 0 aliphatic heterocycles. The summed E-state index contributed by atoms with van der Waals surface area (Å²) in [4.78, 5) is 2.83. The number of hydrogen-bond acceptors (Lipinski definition) is 1. The normalized spacial score (nSPS) is 7.80. The summed E-state index contributed by atoms with van der Waals surface area (Å²) in [6, 6.07) is 1.88. The smallest absolute Gasteiger partial charge is 0.107 e. The van der Waals surface area contributed by atoms with Gasteiger partial charge in [0.1, 0.15) is 5.82 Å². The van der Waals surface area contributed by atoms with Crippen LogP contribution in [0.3, 0.4) is 0 Å². The van der Waals surface area contributed by atoms with Crippen molar-refractivity contribution in [1.29, 1.82) is 0 Å². The van der Waals surface area contributed by atoms with E-state index in [0.29, 0.717) is 5.82 Å². The van der Waals surface area contributed by atoms with E-state index in [-0.39, 0.29) is 0 Å². The molecule has 0 fully saturated rings. The van der Waals surface area contributed by atoms with Gasteiger partial charge in [-0.25, -0.2) is 0 Å². The SMILES string of the molecule is C=Cc1cc[nH]c1N.CC. The zero-order valence-electron chi connectivity index (χ0n) is 6.52. The highest BCUT2D eigenvalue weighted by molar-refractivity contribution is 5.59. The van der Waals surface area contributed by atoms with E-state index in [0.717, 1.165) is 5.56 Å². The minimum absolute atomic E-state index is 0.681. The number of aromatic amines is 1. The molecule has 3 N–H and O–H groups in total. The van der Waals surface area contributed by atoms with Gasteiger partial charge >= 0.3 is 0 Å². The van der Waals surface area contributed by atoms with Gasteiger partial charge in [-0.05, 0) is 6.07 Å². The number of aromatic nitrogens is 1. The van der Waals surface area contributed by atoms with Crippen LogP contribution in [0.4, 0.5) is 5.82 Å². The van der Waals surface area contributed by atoms with Crippen LogP contribution in [-0.4, -0.2) is 4.98 Å². The average molecular weight is 138 g/mol. The first-order chi connectivity index (χ1) is 4.84. The summed E-state index contributed by atoms with van der Waals surface area (Å²) in [6.45, 7) is 7.56. The molecule has 0 unspecified atom stereocenters. The van der Waals surface area contributed by atoms with E-state index in [1.165, 1.54) is 0 Å². The van der Waals surface area contributed by atoms with Gasteiger partial charge in [0.25, 0.3) is 0 Å². The molecule has 0 aliphatic rings. The third kappa shape index (κ3) is 1.97. The summed E-state index contributed by atoms with van der Waals surface area (Å²) in [5.41, 5.74) is 6.39. The van der Waals surface area contributed by atoms with Gasteiger partial charge < -0.3 is 10.7 Å². The van der Waals surface area contributed by atoms with Crippen LogP contribution in [0, 0.1) is 0 Å². The van der Waals surface area contributed by atoms with E-state index in [2.05, 4.69) is 11.6 Å². The van der Waals surface area contributed by atoms with E-state index in [1.54, 1.807) is 12.3 Å². The second kappa shape index (κ2) is 4.68. The number of nitrogens with one attached hydrogen (secondary N) is 1. The van der Waals surface area contributed by atoms with Crippen molar-refractivity contribution in [2.24, 2.45) is 0 Å². The summed E-state index contributed by atoms with van der Waals surface area (Å²) in [5, 5.41) is 0. The maximum atomic E-state index is 5.42. The average Bonchev–Trinajstić information content (AvgIpc) is 2.39. The second-order valence-corrected chi connectivity index (χ2v) is 1.55. The highest BCUT2D eigenvalue weighted by Crippen LogP contribution is 2.07. The molecule has 2 nitrogen and oxygen atoms in total. The van der Waals surface area contributed by atoms with Crippen LogP contribution in [-0.2, 0) is 0 Å². The lowest BCUT2D eigenvalue weighted by Crippen LogP contribution is -1.84. The molecule has 0 saturated heterocycles. The van der Waals surface area contributed by atoms with Crippen molar-refractivity contribution in [1.82, 2.24) is 4.98 Å². The summed E-state index contributed by atoms with van der Waals surface area (Å²) in [7, 11) is 0. The predicted octanol–water partition coefficient (Wildman–Crippen LogP) is 2.27. The summed E-state index contributed by atoms with van der Waals surface area (Å²) in [5.74, 6) is 0.681. The molecule has 1 aromatic heterocycles. The Labute approximate surface area is 61.8 Å². The fourth-order valence-corrected chi connectivity index (χ4v) is 0.572. The summed E-state index contributed by atoms with van der Waals surface area (Å²) >= 11 is 0. The van der Waals surface area contributed by atoms with Crippen molar-refractivity contribution in [2.75, 3.05) is 5.73 Å². The molecule has 0 aliphatic carbocycles. The van der Waals surface area contributed by atoms with E-state index in [4.69, 9.17) is 5.73 Å². The third-order valence-corrected chi connectivity index (χ3v) is 1.03. The van der Waals surface area contributed by atoms with Crippen molar-refractivity contribution in [3.05, 3.63) is 24.4 Å². The Morgan fingerprint density at radius 2 is 2.20 bits per heavy atom. The Balaban J connectivity index is 0.000000371. The molecule has 2 heteroatoms. The van der Waals surface area contributed by atoms with Crippen LogP contribution in [0.5, 0.6) is 0 Å². The molecule has 0 radical (unpaired) electrons. The number of rotatable bonds is 1. The lowest BCUT2D eigenvalue weighted by atomic mass is 10.3. The zero-order valence-corrected chi connectivity index (χ0v) is 6.52. The van der Waals surface area contributed by atoms with E-state index in [1.807, 2.05) is 19.9 Å². The molecule has 1 aromatic rings. The van der Waals surface area contributed by atoms with Crippen LogP contribution in [0.2, 0.25) is 0 Å². The van der Waals surface area contributed by atoms with Crippen LogP contribution in [0.1, 0.15) is 19.4 Å². The fraction of sp³-hybridized carbons (Fsp3) is 0.250. The van der Waals surface area contributed by atoms with Crippen molar-refractivity contribution in [2.45, 2.75) is 13.8 Å². The van der Waals surface area contributed by atoms with Gasteiger partial charge in [-0.3, -0.25) is 0 Å². The standard InChI is InChI=1S/C6H8N2.C2H6/c1-2-5-3-4-8-6(5)7;1-2/h2-4,8H,1,7H2;1-2H3. The van der Waals surface area contributed by atoms with Crippen molar-refractivity contribution in [3.8, 4) is 0 Å². The van der Waals surface area contributed by atoms with Gasteiger partial charge in [-0.1, -0.05) is 26.5 Å². The highest BCUT2D eigenvalue weighted by Gasteiger charge is 1.89. The number of hydrogen-bond donors (Lipinski definition) is 2. The van der Waals surface area contributed by atoms with Gasteiger partial charge in [0.2, 0.25) is 0 Å². The molecule has 1 heterocycles. The largest absolute Gasteiger partial charge is 0.385 e. The van der Waals surface area contributed by atoms with Crippen LogP contribution in [0.25, 0.3) is 6.08 Å². The van der Waals surface area contributed by atoms with E-state index in [9.17, 15) is 0 Å². The zero-order chi connectivity index (χ0) is 7.98. The predicted molar refractivity (Wildman–Crippen MR) is 46.6 cm³/mol. The topological polar surface area (TPSA) is 41.8 Å². The Bertz CT molecular complexity index is 189. The number of nitrogens with two attached hydrogens (primary N) is 1. The van der Waals surface area contributed by atoms with Crippen LogP contribution >= 0.6 is 0 Å². The minimum Gasteiger partial charge on any atom is -0.385 e. The lowest BCUT2D eigenvalue weighted by Gasteiger charge is -1.84. The fourth-order valence-electron chi connectivity index (χ4n) is 0.572. The van der Waals surface area contributed by atoms with Crippen LogP contribution < -0.4 is 5.73 Å². The molecule has 1 rings (SSSR count). The van der Waals surface area contributed by atoms with Gasteiger partial charge in [-0.2, -0.15) is 0 Å². The van der Waals surface area contributed by atoms with Gasteiger partial charge in [0.05, 0.1) is 0 Å². The Morgan fingerprint density at radius 1 is 1.60 bits per heavy atom. The number of nitrogen functional groups attached to an aromatic ring is 1. The molecule has 0 atom stereocenters. The first-order valence-corrected chi connectivity index (χ1v) is 3.40. The van der Waals surface area contributed by atoms with Gasteiger partial charge in [0.15, 0.2) is 0 Å². The van der Waals surface area contributed by atoms with E-state index < -0.39 is 0 Å². The lowest BCUT2D eigenvalue weighted by molar-refractivity contribution is 1.41. The molecule has 0 amide bonds. The minimum atomic E-state index is 0.681. The Kier molecular flexibility index (Phi) is 4.12. The van der Waals surface area contributed by atoms with Crippen LogP contribution in [0.15, 0.2) is 18.8 Å². The van der Waals surface area contributed by atoms with E-state index >= 15 is 0 Å².